The van der Waals surface area contributed by atoms with Crippen molar-refractivity contribution in [3.63, 3.8) is 0 Å². The lowest BCUT2D eigenvalue weighted by Crippen LogP contribution is -2.30. The quantitative estimate of drug-likeness (QED) is 0.750. The minimum Gasteiger partial charge on any atom is -0.375 e. The number of rotatable bonds is 6. The first-order chi connectivity index (χ1) is 8.01. The van der Waals surface area contributed by atoms with Gasteiger partial charge in [0.1, 0.15) is 0 Å². The lowest BCUT2D eigenvalue weighted by atomic mass is 10.2. The second kappa shape index (κ2) is 6.77. The smallest absolute Gasteiger partial charge is 0.0600 e. The summed E-state index contributed by atoms with van der Waals surface area (Å²) in [6, 6.07) is 10.6. The number of ether oxygens (including phenoxy) is 1. The van der Waals surface area contributed by atoms with Gasteiger partial charge in [-0.05, 0) is 32.9 Å². The van der Waals surface area contributed by atoms with Crippen LogP contribution in [0.3, 0.4) is 0 Å². The molecule has 0 amide bonds. The summed E-state index contributed by atoms with van der Waals surface area (Å²) in [6.07, 6.45) is 0. The molecule has 0 atom stereocenters. The van der Waals surface area contributed by atoms with Gasteiger partial charge in [-0.1, -0.05) is 37.3 Å². The van der Waals surface area contributed by atoms with Crippen molar-refractivity contribution in [3.8, 4) is 0 Å². The molecule has 0 heterocycles. The lowest BCUT2D eigenvalue weighted by Gasteiger charge is -2.24. The van der Waals surface area contributed by atoms with Crippen molar-refractivity contribution in [2.45, 2.75) is 39.8 Å². The Morgan fingerprint density at radius 3 is 2.29 bits per heavy atom. The average molecular weight is 235 g/mol. The van der Waals surface area contributed by atoms with E-state index in [0.717, 1.165) is 26.2 Å². The molecule has 2 heteroatoms. The van der Waals surface area contributed by atoms with Gasteiger partial charge in [-0.15, -0.1) is 0 Å². The summed E-state index contributed by atoms with van der Waals surface area (Å²) in [6.45, 7) is 12.3. The van der Waals surface area contributed by atoms with Crippen molar-refractivity contribution in [2.24, 2.45) is 0 Å². The number of nitrogens with zero attached hydrogens (tertiary/aromatic N) is 1. The third kappa shape index (κ3) is 6.44. The molecule has 0 N–H and O–H groups in total. The molecule has 0 unspecified atom stereocenters. The zero-order valence-electron chi connectivity index (χ0n) is 11.6. The summed E-state index contributed by atoms with van der Waals surface area (Å²) >= 11 is 0. The van der Waals surface area contributed by atoms with Crippen LogP contribution < -0.4 is 0 Å². The fourth-order valence-electron chi connectivity index (χ4n) is 1.67. The van der Waals surface area contributed by atoms with Crippen LogP contribution in [0.2, 0.25) is 0 Å². The van der Waals surface area contributed by atoms with Crippen LogP contribution >= 0.6 is 0 Å². The van der Waals surface area contributed by atoms with E-state index in [9.17, 15) is 0 Å². The van der Waals surface area contributed by atoms with E-state index >= 15 is 0 Å². The van der Waals surface area contributed by atoms with Crippen LogP contribution in [0.25, 0.3) is 0 Å². The maximum absolute atomic E-state index is 5.76. The SMILES string of the molecule is CCN(CCOC(C)(C)C)Cc1ccccc1. The predicted octanol–water partition coefficient (Wildman–Crippen LogP) is 3.32. The second-order valence-corrected chi connectivity index (χ2v) is 5.32. The minimum atomic E-state index is -0.0356. The molecule has 0 saturated carbocycles. The normalized spacial score (nSPS) is 12.1. The molecular weight excluding hydrogens is 210 g/mol. The number of hydrogen-bond acceptors (Lipinski definition) is 2. The van der Waals surface area contributed by atoms with E-state index in [-0.39, 0.29) is 5.60 Å². The first-order valence-electron chi connectivity index (χ1n) is 6.41. The maximum Gasteiger partial charge on any atom is 0.0600 e. The molecule has 0 aliphatic heterocycles. The first-order valence-corrected chi connectivity index (χ1v) is 6.41. The van der Waals surface area contributed by atoms with E-state index in [1.165, 1.54) is 5.56 Å². The number of benzene rings is 1. The molecule has 0 saturated heterocycles. The molecule has 0 radical (unpaired) electrons. The van der Waals surface area contributed by atoms with Crippen molar-refractivity contribution in [1.29, 1.82) is 0 Å². The predicted molar refractivity (Wildman–Crippen MR) is 73.1 cm³/mol. The zero-order chi connectivity index (χ0) is 12.7. The van der Waals surface area contributed by atoms with E-state index in [2.05, 4.69) is 62.9 Å². The molecule has 0 aliphatic rings. The molecule has 0 bridgehead atoms. The van der Waals surface area contributed by atoms with Crippen LogP contribution in [-0.2, 0) is 11.3 Å². The van der Waals surface area contributed by atoms with Gasteiger partial charge in [0.2, 0.25) is 0 Å². The Balaban J connectivity index is 2.34. The molecule has 0 aromatic heterocycles. The van der Waals surface area contributed by atoms with Crippen molar-refractivity contribution in [3.05, 3.63) is 35.9 Å². The Hall–Kier alpha value is -0.860. The van der Waals surface area contributed by atoms with E-state index in [1.807, 2.05) is 0 Å². The van der Waals surface area contributed by atoms with Crippen LogP contribution in [0.4, 0.5) is 0 Å². The van der Waals surface area contributed by atoms with Gasteiger partial charge in [-0.25, -0.2) is 0 Å². The Morgan fingerprint density at radius 1 is 1.12 bits per heavy atom. The Bertz CT molecular complexity index is 302. The summed E-state index contributed by atoms with van der Waals surface area (Å²) in [5.41, 5.74) is 1.33. The van der Waals surface area contributed by atoms with Gasteiger partial charge >= 0.3 is 0 Å². The molecule has 0 fully saturated rings. The monoisotopic (exact) mass is 235 g/mol. The maximum atomic E-state index is 5.76. The van der Waals surface area contributed by atoms with Crippen molar-refractivity contribution in [1.82, 2.24) is 4.90 Å². The van der Waals surface area contributed by atoms with Gasteiger partial charge < -0.3 is 4.74 Å². The molecule has 1 aromatic rings. The van der Waals surface area contributed by atoms with Gasteiger partial charge in [0.15, 0.2) is 0 Å². The molecule has 2 nitrogen and oxygen atoms in total. The average Bonchev–Trinajstić information content (AvgIpc) is 2.27. The summed E-state index contributed by atoms with van der Waals surface area (Å²) in [5, 5.41) is 0. The summed E-state index contributed by atoms with van der Waals surface area (Å²) in [5.74, 6) is 0. The van der Waals surface area contributed by atoms with Crippen LogP contribution in [0, 0.1) is 0 Å². The first kappa shape index (κ1) is 14.2. The highest BCUT2D eigenvalue weighted by Gasteiger charge is 2.10. The Labute approximate surface area is 106 Å². The fourth-order valence-corrected chi connectivity index (χ4v) is 1.67. The second-order valence-electron chi connectivity index (χ2n) is 5.32. The van der Waals surface area contributed by atoms with Crippen LogP contribution in [0.5, 0.6) is 0 Å². The van der Waals surface area contributed by atoms with Gasteiger partial charge in [-0.2, -0.15) is 0 Å². The summed E-state index contributed by atoms with van der Waals surface area (Å²) < 4.78 is 5.76. The van der Waals surface area contributed by atoms with Crippen molar-refractivity contribution < 1.29 is 4.74 Å². The third-order valence-electron chi connectivity index (χ3n) is 2.64. The highest BCUT2D eigenvalue weighted by atomic mass is 16.5. The topological polar surface area (TPSA) is 12.5 Å². The minimum absolute atomic E-state index is 0.0356. The molecule has 0 aliphatic carbocycles. The fraction of sp³-hybridized carbons (Fsp3) is 0.600. The molecule has 96 valence electrons. The van der Waals surface area contributed by atoms with Crippen molar-refractivity contribution in [2.75, 3.05) is 19.7 Å². The molecule has 1 aromatic carbocycles. The summed E-state index contributed by atoms with van der Waals surface area (Å²) in [7, 11) is 0. The Morgan fingerprint density at radius 2 is 1.76 bits per heavy atom. The molecule has 0 spiro atoms. The van der Waals surface area contributed by atoms with Gasteiger partial charge in [0, 0.05) is 13.1 Å². The van der Waals surface area contributed by atoms with Gasteiger partial charge in [0.25, 0.3) is 0 Å². The standard InChI is InChI=1S/C15H25NO/c1-5-16(11-12-17-15(2,3)4)13-14-9-7-6-8-10-14/h6-10H,5,11-13H2,1-4H3. The van der Waals surface area contributed by atoms with E-state index in [1.54, 1.807) is 0 Å². The van der Waals surface area contributed by atoms with Crippen molar-refractivity contribution >= 4 is 0 Å². The van der Waals surface area contributed by atoms with E-state index in [0.29, 0.717) is 0 Å². The number of hydrogen-bond donors (Lipinski definition) is 0. The highest BCUT2D eigenvalue weighted by molar-refractivity contribution is 5.14. The molecular formula is C15H25NO. The van der Waals surface area contributed by atoms with Crippen LogP contribution in [0.1, 0.15) is 33.3 Å². The number of likely N-dealkylation sites (N-methyl/N-ethyl adjacent to an activating group) is 1. The van der Waals surface area contributed by atoms with Crippen LogP contribution in [-0.4, -0.2) is 30.2 Å². The Kier molecular flexibility index (Phi) is 5.66. The highest BCUT2D eigenvalue weighted by Crippen LogP contribution is 2.08. The van der Waals surface area contributed by atoms with Crippen LogP contribution in [0.15, 0.2) is 30.3 Å². The van der Waals surface area contributed by atoms with E-state index < -0.39 is 0 Å². The van der Waals surface area contributed by atoms with Gasteiger partial charge in [0.05, 0.1) is 12.2 Å². The van der Waals surface area contributed by atoms with Gasteiger partial charge in [-0.3, -0.25) is 4.90 Å². The molecule has 1 rings (SSSR count). The zero-order valence-corrected chi connectivity index (χ0v) is 11.6. The lowest BCUT2D eigenvalue weighted by molar-refractivity contribution is -0.0134. The third-order valence-corrected chi connectivity index (χ3v) is 2.64. The largest absolute Gasteiger partial charge is 0.375 e. The van der Waals surface area contributed by atoms with E-state index in [4.69, 9.17) is 4.74 Å². The summed E-state index contributed by atoms with van der Waals surface area (Å²) in [4.78, 5) is 2.40. The molecule has 17 heavy (non-hydrogen) atoms.